The van der Waals surface area contributed by atoms with Gasteiger partial charge < -0.3 is 9.47 Å². The summed E-state index contributed by atoms with van der Waals surface area (Å²) in [4.78, 5) is 16.8. The zero-order chi connectivity index (χ0) is 24.1. The molecule has 1 N–H and O–H groups in total. The Labute approximate surface area is 204 Å². The van der Waals surface area contributed by atoms with Crippen molar-refractivity contribution in [2.24, 2.45) is 10.1 Å². The van der Waals surface area contributed by atoms with Gasteiger partial charge in [-0.25, -0.2) is 0 Å². The molecule has 0 bridgehead atoms. The van der Waals surface area contributed by atoms with Gasteiger partial charge in [-0.15, -0.1) is 0 Å². The Bertz CT molecular complexity index is 1180. The van der Waals surface area contributed by atoms with Crippen molar-refractivity contribution in [3.05, 3.63) is 64.7 Å². The first-order chi connectivity index (χ1) is 16.4. The van der Waals surface area contributed by atoms with Crippen molar-refractivity contribution in [1.82, 2.24) is 5.01 Å². The normalized spacial score (nSPS) is 16.4. The number of amides is 1. The lowest BCUT2D eigenvalue weighted by atomic mass is 10.1. The van der Waals surface area contributed by atoms with E-state index in [1.54, 1.807) is 6.08 Å². The first-order valence-electron chi connectivity index (χ1n) is 11.4. The van der Waals surface area contributed by atoms with Gasteiger partial charge in [-0.05, 0) is 85.5 Å². The number of hydrogen-bond acceptors (Lipinski definition) is 6. The van der Waals surface area contributed by atoms with Gasteiger partial charge in [-0.2, -0.15) is 15.1 Å². The minimum atomic E-state index is -0.427. The molecule has 0 fully saturated rings. The molecular formula is C26H28N4O3S. The van der Waals surface area contributed by atoms with E-state index in [2.05, 4.69) is 23.1 Å². The number of aryl methyl sites for hydroxylation is 2. The molecule has 0 unspecified atom stereocenters. The summed E-state index contributed by atoms with van der Waals surface area (Å²) in [5.74, 6) is 1.11. The summed E-state index contributed by atoms with van der Waals surface area (Å²) in [6, 6.07) is 13.5. The van der Waals surface area contributed by atoms with Gasteiger partial charge in [0.05, 0.1) is 5.57 Å². The van der Waals surface area contributed by atoms with Gasteiger partial charge in [-0.1, -0.05) is 31.5 Å². The third kappa shape index (κ3) is 5.75. The largest absolute Gasteiger partial charge is 0.490 e. The molecule has 8 heteroatoms. The van der Waals surface area contributed by atoms with Crippen molar-refractivity contribution < 1.29 is 14.3 Å². The van der Waals surface area contributed by atoms with Crippen LogP contribution in [0.15, 0.2) is 58.1 Å². The number of benzene rings is 2. The molecule has 0 aromatic heterocycles. The second-order valence-corrected chi connectivity index (χ2v) is 9.25. The maximum Gasteiger partial charge on any atom is 0.283 e. The minimum absolute atomic E-state index is 0.0437. The number of fused-ring (bicyclic) bond motifs is 1. The van der Waals surface area contributed by atoms with Crippen LogP contribution >= 0.6 is 11.8 Å². The van der Waals surface area contributed by atoms with Gasteiger partial charge >= 0.3 is 0 Å². The van der Waals surface area contributed by atoms with E-state index < -0.39 is 5.91 Å². The zero-order valence-corrected chi connectivity index (χ0v) is 20.4. The summed E-state index contributed by atoms with van der Waals surface area (Å²) >= 11 is 1.37. The Morgan fingerprint density at radius 3 is 2.53 bits per heavy atom. The molecule has 2 aliphatic rings. The van der Waals surface area contributed by atoms with Gasteiger partial charge in [0.25, 0.3) is 5.91 Å². The molecule has 2 aromatic carbocycles. The average Bonchev–Trinajstić information content (AvgIpc) is 3.21. The predicted molar refractivity (Wildman–Crippen MR) is 138 cm³/mol. The third-order valence-corrected chi connectivity index (χ3v) is 6.19. The summed E-state index contributed by atoms with van der Waals surface area (Å²) < 4.78 is 11.6. The van der Waals surface area contributed by atoms with E-state index in [1.807, 2.05) is 50.2 Å². The summed E-state index contributed by atoms with van der Waals surface area (Å²) in [5, 5.41) is 15.8. The van der Waals surface area contributed by atoms with E-state index in [1.165, 1.54) is 16.8 Å². The van der Waals surface area contributed by atoms with Crippen LogP contribution in [0.5, 0.6) is 11.5 Å². The SMILES string of the molecule is CCCCC1=NN2C(=N)/C(=C/c3cccc(OCCOc4cc(C)cc(C)c4)c3)C(=O)N=C2S1. The quantitative estimate of drug-likeness (QED) is 0.378. The van der Waals surface area contributed by atoms with Crippen LogP contribution in [0.2, 0.25) is 0 Å². The number of hydrogen-bond donors (Lipinski definition) is 1. The van der Waals surface area contributed by atoms with Crippen LogP contribution in [-0.2, 0) is 4.79 Å². The lowest BCUT2D eigenvalue weighted by Crippen LogP contribution is -2.35. The molecule has 1 amide bonds. The van der Waals surface area contributed by atoms with E-state index in [4.69, 9.17) is 14.9 Å². The number of amidine groups is 2. The Kier molecular flexibility index (Phi) is 7.47. The van der Waals surface area contributed by atoms with Crippen LogP contribution < -0.4 is 9.47 Å². The molecule has 0 saturated heterocycles. The number of unbranched alkanes of at least 4 members (excludes halogenated alkanes) is 1. The number of carbonyl (C=O) groups excluding carboxylic acids is 1. The Hall–Kier alpha value is -3.39. The molecule has 0 saturated carbocycles. The topological polar surface area (TPSA) is 87.3 Å². The van der Waals surface area contributed by atoms with E-state index in [9.17, 15) is 4.79 Å². The second kappa shape index (κ2) is 10.7. The van der Waals surface area contributed by atoms with Gasteiger partial charge in [0, 0.05) is 0 Å². The van der Waals surface area contributed by atoms with Crippen LogP contribution in [0.1, 0.15) is 42.9 Å². The fraction of sp³-hybridized carbons (Fsp3) is 0.308. The number of nitrogens with zero attached hydrogens (tertiary/aromatic N) is 3. The van der Waals surface area contributed by atoms with Crippen molar-refractivity contribution in [3.8, 4) is 11.5 Å². The fourth-order valence-corrected chi connectivity index (χ4v) is 4.58. The number of aliphatic imine (C=N–C) groups is 1. The monoisotopic (exact) mass is 476 g/mol. The molecule has 0 radical (unpaired) electrons. The summed E-state index contributed by atoms with van der Waals surface area (Å²) in [6.07, 6.45) is 4.56. The molecule has 34 heavy (non-hydrogen) atoms. The van der Waals surface area contributed by atoms with Crippen molar-refractivity contribution in [2.75, 3.05) is 13.2 Å². The fourth-order valence-electron chi connectivity index (χ4n) is 3.66. The lowest BCUT2D eigenvalue weighted by molar-refractivity contribution is -0.114. The molecule has 4 rings (SSSR count). The molecular weight excluding hydrogens is 448 g/mol. The molecule has 2 heterocycles. The van der Waals surface area contributed by atoms with Gasteiger partial charge in [0.1, 0.15) is 29.8 Å². The minimum Gasteiger partial charge on any atom is -0.490 e. The number of nitrogens with one attached hydrogen (secondary N) is 1. The summed E-state index contributed by atoms with van der Waals surface area (Å²) in [5.41, 5.74) is 3.28. The van der Waals surface area contributed by atoms with Crippen LogP contribution in [0, 0.1) is 19.3 Å². The molecule has 7 nitrogen and oxygen atoms in total. The van der Waals surface area contributed by atoms with E-state index in [0.29, 0.717) is 24.1 Å². The Balaban J connectivity index is 1.39. The molecule has 0 aliphatic carbocycles. The standard InChI is InChI=1S/C26H28N4O3S/c1-4-5-9-23-29-30-24(27)22(25(31)28-26(30)34-23)16-19-7-6-8-20(15-19)32-10-11-33-21-13-17(2)12-18(3)14-21/h6-8,12-16,27H,4-5,9-11H2,1-3H3/b22-16-,27-24?. The highest BCUT2D eigenvalue weighted by atomic mass is 32.2. The number of carbonyl (C=O) groups is 1. The van der Waals surface area contributed by atoms with E-state index in [-0.39, 0.29) is 11.4 Å². The average molecular weight is 477 g/mol. The van der Waals surface area contributed by atoms with Crippen LogP contribution in [0.4, 0.5) is 0 Å². The summed E-state index contributed by atoms with van der Waals surface area (Å²) in [6.45, 7) is 7.00. The Morgan fingerprint density at radius 1 is 1.06 bits per heavy atom. The lowest BCUT2D eigenvalue weighted by Gasteiger charge is -2.20. The second-order valence-electron chi connectivity index (χ2n) is 8.21. The van der Waals surface area contributed by atoms with Crippen molar-refractivity contribution in [3.63, 3.8) is 0 Å². The maximum absolute atomic E-state index is 12.6. The van der Waals surface area contributed by atoms with E-state index in [0.717, 1.165) is 46.7 Å². The number of rotatable bonds is 9. The maximum atomic E-state index is 12.6. The van der Waals surface area contributed by atoms with Crippen LogP contribution in [0.3, 0.4) is 0 Å². The molecule has 0 spiro atoms. The highest BCUT2D eigenvalue weighted by Crippen LogP contribution is 2.30. The number of hydrazone groups is 1. The van der Waals surface area contributed by atoms with Crippen molar-refractivity contribution >= 4 is 39.8 Å². The molecule has 0 atom stereocenters. The summed E-state index contributed by atoms with van der Waals surface area (Å²) in [7, 11) is 0. The predicted octanol–water partition coefficient (Wildman–Crippen LogP) is 5.57. The van der Waals surface area contributed by atoms with Crippen molar-refractivity contribution in [2.45, 2.75) is 40.0 Å². The van der Waals surface area contributed by atoms with Crippen molar-refractivity contribution in [1.29, 1.82) is 5.41 Å². The van der Waals surface area contributed by atoms with Crippen LogP contribution in [-0.4, -0.2) is 40.2 Å². The van der Waals surface area contributed by atoms with Gasteiger partial charge in [0.2, 0.25) is 5.17 Å². The zero-order valence-electron chi connectivity index (χ0n) is 19.6. The van der Waals surface area contributed by atoms with Gasteiger partial charge in [0.15, 0.2) is 5.84 Å². The first kappa shape index (κ1) is 23.8. The number of thioether (sulfide) groups is 1. The smallest absolute Gasteiger partial charge is 0.283 e. The molecule has 176 valence electrons. The highest BCUT2D eigenvalue weighted by Gasteiger charge is 2.35. The molecule has 2 aromatic rings. The molecule has 2 aliphatic heterocycles. The van der Waals surface area contributed by atoms with E-state index >= 15 is 0 Å². The van der Waals surface area contributed by atoms with Crippen LogP contribution in [0.25, 0.3) is 6.08 Å². The highest BCUT2D eigenvalue weighted by molar-refractivity contribution is 8.26. The Morgan fingerprint density at radius 2 is 1.79 bits per heavy atom. The number of ether oxygens (including phenoxy) is 2. The van der Waals surface area contributed by atoms with Gasteiger partial charge in [-0.3, -0.25) is 10.2 Å². The first-order valence-corrected chi connectivity index (χ1v) is 12.2. The third-order valence-electron chi connectivity index (χ3n) is 5.23.